The van der Waals surface area contributed by atoms with Crippen molar-refractivity contribution in [2.24, 2.45) is 5.92 Å². The fourth-order valence-electron chi connectivity index (χ4n) is 2.64. The van der Waals surface area contributed by atoms with Gasteiger partial charge in [0.15, 0.2) is 0 Å². The topological polar surface area (TPSA) is 15.3 Å². The van der Waals surface area contributed by atoms with Crippen LogP contribution in [0.2, 0.25) is 0 Å². The van der Waals surface area contributed by atoms with Gasteiger partial charge in [-0.15, -0.1) is 0 Å². The fraction of sp³-hybridized carbons (Fsp3) is 1.00. The van der Waals surface area contributed by atoms with E-state index in [1.165, 1.54) is 50.5 Å². The van der Waals surface area contributed by atoms with Gasteiger partial charge in [-0.1, -0.05) is 6.92 Å². The van der Waals surface area contributed by atoms with Crippen LogP contribution >= 0.6 is 11.8 Å². The first-order chi connectivity index (χ1) is 6.88. The third kappa shape index (κ3) is 2.65. The van der Waals surface area contributed by atoms with Gasteiger partial charge in [0.2, 0.25) is 0 Å². The zero-order valence-corrected chi connectivity index (χ0v) is 9.98. The molecule has 14 heavy (non-hydrogen) atoms. The summed E-state index contributed by atoms with van der Waals surface area (Å²) < 4.78 is 0. The molecule has 0 saturated carbocycles. The highest BCUT2D eigenvalue weighted by Gasteiger charge is 2.27. The van der Waals surface area contributed by atoms with Crippen LogP contribution in [0.4, 0.5) is 0 Å². The Morgan fingerprint density at radius 3 is 3.07 bits per heavy atom. The highest BCUT2D eigenvalue weighted by Crippen LogP contribution is 2.21. The van der Waals surface area contributed by atoms with Gasteiger partial charge in [-0.2, -0.15) is 11.8 Å². The Balaban J connectivity index is 1.90. The molecule has 0 bridgehead atoms. The smallest absolute Gasteiger partial charge is 0.0145 e. The van der Waals surface area contributed by atoms with E-state index in [1.54, 1.807) is 0 Å². The first-order valence-corrected chi connectivity index (χ1v) is 7.06. The van der Waals surface area contributed by atoms with Crippen molar-refractivity contribution in [1.29, 1.82) is 0 Å². The van der Waals surface area contributed by atoms with Gasteiger partial charge in [0, 0.05) is 18.3 Å². The zero-order valence-electron chi connectivity index (χ0n) is 9.17. The molecule has 0 radical (unpaired) electrons. The normalized spacial score (nSPS) is 36.6. The van der Waals surface area contributed by atoms with Gasteiger partial charge < -0.3 is 5.32 Å². The van der Waals surface area contributed by atoms with Crippen LogP contribution in [0.25, 0.3) is 0 Å². The molecule has 2 atom stereocenters. The van der Waals surface area contributed by atoms with Crippen LogP contribution in [0.1, 0.15) is 19.8 Å². The molecule has 0 aromatic rings. The lowest BCUT2D eigenvalue weighted by Crippen LogP contribution is -2.49. The first-order valence-electron chi connectivity index (χ1n) is 5.90. The lowest BCUT2D eigenvalue weighted by Gasteiger charge is -2.38. The van der Waals surface area contributed by atoms with Crippen molar-refractivity contribution in [2.75, 3.05) is 37.7 Å². The van der Waals surface area contributed by atoms with Crippen molar-refractivity contribution in [2.45, 2.75) is 25.8 Å². The predicted octanol–water partition coefficient (Wildman–Crippen LogP) is 1.42. The lowest BCUT2D eigenvalue weighted by atomic mass is 9.93. The summed E-state index contributed by atoms with van der Waals surface area (Å²) in [5.41, 5.74) is 0. The van der Waals surface area contributed by atoms with E-state index < -0.39 is 0 Å². The molecule has 2 nitrogen and oxygen atoms in total. The molecule has 0 spiro atoms. The Morgan fingerprint density at radius 2 is 2.21 bits per heavy atom. The van der Waals surface area contributed by atoms with Crippen molar-refractivity contribution in [3.63, 3.8) is 0 Å². The number of nitrogens with zero attached hydrogens (tertiary/aromatic N) is 1. The minimum absolute atomic E-state index is 0.840. The zero-order chi connectivity index (χ0) is 9.80. The Bertz CT molecular complexity index is 167. The lowest BCUT2D eigenvalue weighted by molar-refractivity contribution is 0.129. The van der Waals surface area contributed by atoms with Crippen LogP contribution in [-0.4, -0.2) is 48.6 Å². The van der Waals surface area contributed by atoms with Gasteiger partial charge in [0.05, 0.1) is 0 Å². The summed E-state index contributed by atoms with van der Waals surface area (Å²) >= 11 is 2.13. The van der Waals surface area contributed by atoms with Crippen LogP contribution in [0.3, 0.4) is 0 Å². The van der Waals surface area contributed by atoms with E-state index in [-0.39, 0.29) is 0 Å². The summed E-state index contributed by atoms with van der Waals surface area (Å²) in [7, 11) is 0. The molecular formula is C11H22N2S. The molecular weight excluding hydrogens is 192 g/mol. The van der Waals surface area contributed by atoms with Crippen molar-refractivity contribution in [3.8, 4) is 0 Å². The number of hydrogen-bond acceptors (Lipinski definition) is 3. The molecule has 0 aliphatic carbocycles. The van der Waals surface area contributed by atoms with Gasteiger partial charge >= 0.3 is 0 Å². The average Bonchev–Trinajstić information content (AvgIpc) is 2.47. The molecule has 2 fully saturated rings. The van der Waals surface area contributed by atoms with Gasteiger partial charge in [0.25, 0.3) is 0 Å². The van der Waals surface area contributed by atoms with E-state index >= 15 is 0 Å². The number of nitrogens with one attached hydrogen (secondary N) is 1. The minimum Gasteiger partial charge on any atom is -0.316 e. The summed E-state index contributed by atoms with van der Waals surface area (Å²) in [4.78, 5) is 2.74. The molecule has 2 rings (SSSR count). The maximum Gasteiger partial charge on any atom is 0.0145 e. The molecule has 3 heteroatoms. The predicted molar refractivity (Wildman–Crippen MR) is 64.0 cm³/mol. The highest BCUT2D eigenvalue weighted by atomic mass is 32.2. The van der Waals surface area contributed by atoms with E-state index in [1.807, 2.05) is 0 Å². The average molecular weight is 214 g/mol. The maximum atomic E-state index is 3.49. The van der Waals surface area contributed by atoms with E-state index in [0.29, 0.717) is 0 Å². The summed E-state index contributed by atoms with van der Waals surface area (Å²) in [6.07, 6.45) is 2.74. The second-order valence-electron chi connectivity index (χ2n) is 4.54. The fourth-order valence-corrected chi connectivity index (χ4v) is 3.54. The SMILES string of the molecule is CC1CNCCC1N1CCCSCC1. The van der Waals surface area contributed by atoms with Crippen molar-refractivity contribution < 1.29 is 0 Å². The minimum atomic E-state index is 0.840. The molecule has 2 aliphatic rings. The second-order valence-corrected chi connectivity index (χ2v) is 5.76. The second kappa shape index (κ2) is 5.38. The van der Waals surface area contributed by atoms with Gasteiger partial charge in [-0.3, -0.25) is 4.90 Å². The largest absolute Gasteiger partial charge is 0.316 e. The number of hydrogen-bond donors (Lipinski definition) is 1. The van der Waals surface area contributed by atoms with Crippen LogP contribution in [0, 0.1) is 5.92 Å². The highest BCUT2D eigenvalue weighted by molar-refractivity contribution is 7.99. The third-order valence-corrected chi connectivity index (χ3v) is 4.51. The first kappa shape index (κ1) is 10.8. The Kier molecular flexibility index (Phi) is 4.14. The summed E-state index contributed by atoms with van der Waals surface area (Å²) in [5.74, 6) is 3.55. The number of rotatable bonds is 1. The number of thioether (sulfide) groups is 1. The molecule has 0 aromatic carbocycles. The van der Waals surface area contributed by atoms with E-state index in [9.17, 15) is 0 Å². The summed E-state index contributed by atoms with van der Waals surface area (Å²) in [6.45, 7) is 7.49. The molecule has 0 aromatic heterocycles. The van der Waals surface area contributed by atoms with Crippen LogP contribution in [-0.2, 0) is 0 Å². The Morgan fingerprint density at radius 1 is 1.29 bits per heavy atom. The summed E-state index contributed by atoms with van der Waals surface area (Å²) in [6, 6.07) is 0.856. The molecule has 2 unspecified atom stereocenters. The van der Waals surface area contributed by atoms with E-state index in [4.69, 9.17) is 0 Å². The Hall–Kier alpha value is 0.270. The van der Waals surface area contributed by atoms with Crippen LogP contribution in [0.15, 0.2) is 0 Å². The molecule has 1 N–H and O–H groups in total. The standard InChI is InChI=1S/C11H22N2S/c1-10-9-12-4-3-11(10)13-5-2-7-14-8-6-13/h10-12H,2-9H2,1H3. The quantitative estimate of drug-likeness (QED) is 0.711. The Labute approximate surface area is 91.8 Å². The third-order valence-electron chi connectivity index (χ3n) is 3.47. The summed E-state index contributed by atoms with van der Waals surface area (Å²) in [5, 5.41) is 3.49. The van der Waals surface area contributed by atoms with E-state index in [2.05, 4.69) is 28.9 Å². The molecule has 2 aliphatic heterocycles. The van der Waals surface area contributed by atoms with Gasteiger partial charge in [0.1, 0.15) is 0 Å². The van der Waals surface area contributed by atoms with Crippen molar-refractivity contribution in [1.82, 2.24) is 10.2 Å². The van der Waals surface area contributed by atoms with Crippen LogP contribution in [0.5, 0.6) is 0 Å². The molecule has 82 valence electrons. The van der Waals surface area contributed by atoms with Gasteiger partial charge in [-0.05, 0) is 44.1 Å². The van der Waals surface area contributed by atoms with Crippen LogP contribution < -0.4 is 5.32 Å². The maximum absolute atomic E-state index is 3.49. The van der Waals surface area contributed by atoms with Crippen molar-refractivity contribution >= 4 is 11.8 Å². The van der Waals surface area contributed by atoms with Crippen molar-refractivity contribution in [3.05, 3.63) is 0 Å². The molecule has 2 saturated heterocycles. The number of piperidine rings is 1. The monoisotopic (exact) mass is 214 g/mol. The van der Waals surface area contributed by atoms with E-state index in [0.717, 1.165) is 12.0 Å². The molecule has 0 amide bonds. The van der Waals surface area contributed by atoms with Gasteiger partial charge in [-0.25, -0.2) is 0 Å². The molecule has 2 heterocycles.